The number of hydrogen-bond acceptors (Lipinski definition) is 3. The number of hydrogen-bond donors (Lipinski definition) is 2. The van der Waals surface area contributed by atoms with Gasteiger partial charge in [-0.2, -0.15) is 5.10 Å². The number of nitrogens with one attached hydrogen (secondary N) is 1. The third kappa shape index (κ3) is 3.44. The van der Waals surface area contributed by atoms with Crippen molar-refractivity contribution in [3.63, 3.8) is 0 Å². The summed E-state index contributed by atoms with van der Waals surface area (Å²) in [6.07, 6.45) is 4.20. The van der Waals surface area contributed by atoms with Gasteiger partial charge in [-0.15, -0.1) is 0 Å². The van der Waals surface area contributed by atoms with Crippen molar-refractivity contribution in [2.45, 2.75) is 20.3 Å². The first kappa shape index (κ1) is 14.0. The molecule has 98 valence electrons. The van der Waals surface area contributed by atoms with Crippen molar-refractivity contribution in [2.24, 2.45) is 7.05 Å². The number of rotatable bonds is 5. The molecule has 18 heavy (non-hydrogen) atoms. The maximum atomic E-state index is 11.1. The van der Waals surface area contributed by atoms with E-state index in [1.165, 1.54) is 11.6 Å². The molecule has 0 saturated heterocycles. The normalized spacial score (nSPS) is 10.8. The monoisotopic (exact) mass is 251 g/mol. The molecule has 0 unspecified atom stereocenters. The molecule has 0 atom stereocenters. The average molecular weight is 251 g/mol. The smallest absolute Gasteiger partial charge is 0.354 e. The van der Waals surface area contributed by atoms with E-state index in [0.717, 1.165) is 0 Å². The number of aromatic nitrogens is 2. The highest BCUT2D eigenvalue weighted by atomic mass is 16.4. The summed E-state index contributed by atoms with van der Waals surface area (Å²) in [6.45, 7) is 3.75. The van der Waals surface area contributed by atoms with Crippen molar-refractivity contribution in [2.75, 3.05) is 6.54 Å². The number of carboxylic acids is 1. The zero-order valence-corrected chi connectivity index (χ0v) is 10.7. The van der Waals surface area contributed by atoms with Gasteiger partial charge in [-0.25, -0.2) is 4.79 Å². The minimum Gasteiger partial charge on any atom is -0.477 e. The van der Waals surface area contributed by atoms with Crippen LogP contribution in [0.25, 0.3) is 6.08 Å². The number of amides is 1. The van der Waals surface area contributed by atoms with Crippen molar-refractivity contribution in [1.82, 2.24) is 15.1 Å². The second-order valence-corrected chi connectivity index (χ2v) is 3.95. The lowest BCUT2D eigenvalue weighted by Gasteiger charge is -1.98. The maximum absolute atomic E-state index is 11.1. The molecule has 2 N–H and O–H groups in total. The molecule has 6 nitrogen and oxygen atoms in total. The van der Waals surface area contributed by atoms with Gasteiger partial charge in [0.2, 0.25) is 5.91 Å². The number of aryl methyl sites for hydroxylation is 2. The highest BCUT2D eigenvalue weighted by molar-refractivity contribution is 5.90. The Morgan fingerprint density at radius 2 is 2.17 bits per heavy atom. The van der Waals surface area contributed by atoms with Crippen LogP contribution in [0.4, 0.5) is 0 Å². The molecule has 1 amide bonds. The van der Waals surface area contributed by atoms with Crippen LogP contribution in [0, 0.1) is 6.92 Å². The molecule has 6 heteroatoms. The SMILES string of the molecule is CC(=O)NCCC=Cc1c(C)nn(C)c1C(=O)O. The fraction of sp³-hybridized carbons (Fsp3) is 0.417. The van der Waals surface area contributed by atoms with Gasteiger partial charge in [0.1, 0.15) is 0 Å². The molecule has 0 spiro atoms. The van der Waals surface area contributed by atoms with E-state index in [0.29, 0.717) is 24.2 Å². The largest absolute Gasteiger partial charge is 0.477 e. The van der Waals surface area contributed by atoms with Crippen molar-refractivity contribution >= 4 is 18.0 Å². The van der Waals surface area contributed by atoms with Gasteiger partial charge >= 0.3 is 5.97 Å². The Kier molecular flexibility index (Phi) is 4.65. The number of carboxylic acid groups (broad SMARTS) is 1. The van der Waals surface area contributed by atoms with Gasteiger partial charge in [-0.3, -0.25) is 9.48 Å². The Balaban J connectivity index is 2.75. The van der Waals surface area contributed by atoms with Crippen LogP contribution in [0.5, 0.6) is 0 Å². The number of carbonyl (C=O) groups is 2. The number of nitrogens with zero attached hydrogens (tertiary/aromatic N) is 2. The molecule has 0 saturated carbocycles. The second kappa shape index (κ2) is 6.00. The molecule has 1 rings (SSSR count). The molecule has 1 aromatic rings. The van der Waals surface area contributed by atoms with E-state index < -0.39 is 5.97 Å². The number of aromatic carboxylic acids is 1. The van der Waals surface area contributed by atoms with E-state index in [9.17, 15) is 9.59 Å². The molecular weight excluding hydrogens is 234 g/mol. The van der Waals surface area contributed by atoms with Gasteiger partial charge in [-0.05, 0) is 13.3 Å². The Labute approximate surface area is 105 Å². The van der Waals surface area contributed by atoms with Crippen molar-refractivity contribution in [1.29, 1.82) is 0 Å². The average Bonchev–Trinajstić information content (AvgIpc) is 2.52. The Morgan fingerprint density at radius 1 is 1.50 bits per heavy atom. The van der Waals surface area contributed by atoms with Crippen LogP contribution in [0.1, 0.15) is 35.1 Å². The van der Waals surface area contributed by atoms with Crippen LogP contribution in [0.3, 0.4) is 0 Å². The first-order chi connectivity index (χ1) is 8.43. The number of carbonyl (C=O) groups excluding carboxylic acids is 1. The predicted molar refractivity (Wildman–Crippen MR) is 67.2 cm³/mol. The maximum Gasteiger partial charge on any atom is 0.354 e. The first-order valence-electron chi connectivity index (χ1n) is 5.61. The third-order valence-electron chi connectivity index (χ3n) is 2.44. The zero-order chi connectivity index (χ0) is 13.7. The first-order valence-corrected chi connectivity index (χ1v) is 5.61. The van der Waals surface area contributed by atoms with Gasteiger partial charge in [0.05, 0.1) is 5.69 Å². The van der Waals surface area contributed by atoms with Gasteiger partial charge in [0, 0.05) is 26.1 Å². The summed E-state index contributed by atoms with van der Waals surface area (Å²) >= 11 is 0. The molecule has 0 aliphatic rings. The summed E-state index contributed by atoms with van der Waals surface area (Å²) in [4.78, 5) is 21.7. The predicted octanol–water partition coefficient (Wildman–Crippen LogP) is 0.966. The lowest BCUT2D eigenvalue weighted by Crippen LogP contribution is -2.20. The van der Waals surface area contributed by atoms with Crippen molar-refractivity contribution in [3.05, 3.63) is 23.0 Å². The van der Waals surface area contributed by atoms with Crippen LogP contribution in [0.2, 0.25) is 0 Å². The van der Waals surface area contributed by atoms with Gasteiger partial charge in [0.15, 0.2) is 5.69 Å². The molecule has 0 aliphatic carbocycles. The zero-order valence-electron chi connectivity index (χ0n) is 10.7. The molecule has 0 aromatic carbocycles. The molecule has 0 aliphatic heterocycles. The third-order valence-corrected chi connectivity index (χ3v) is 2.44. The minimum absolute atomic E-state index is 0.0767. The van der Waals surface area contributed by atoms with E-state index >= 15 is 0 Å². The van der Waals surface area contributed by atoms with E-state index in [1.54, 1.807) is 20.0 Å². The topological polar surface area (TPSA) is 84.2 Å². The van der Waals surface area contributed by atoms with Crippen LogP contribution in [0.15, 0.2) is 6.08 Å². The molecule has 1 aromatic heterocycles. The highest BCUT2D eigenvalue weighted by Gasteiger charge is 2.16. The molecule has 0 bridgehead atoms. The lowest BCUT2D eigenvalue weighted by molar-refractivity contribution is -0.118. The van der Waals surface area contributed by atoms with Crippen molar-refractivity contribution in [3.8, 4) is 0 Å². The van der Waals surface area contributed by atoms with Crippen LogP contribution >= 0.6 is 0 Å². The van der Waals surface area contributed by atoms with E-state index in [4.69, 9.17) is 5.11 Å². The summed E-state index contributed by atoms with van der Waals surface area (Å²) < 4.78 is 1.35. The highest BCUT2D eigenvalue weighted by Crippen LogP contribution is 2.15. The lowest BCUT2D eigenvalue weighted by atomic mass is 10.1. The fourth-order valence-corrected chi connectivity index (χ4v) is 1.66. The summed E-state index contributed by atoms with van der Waals surface area (Å²) in [7, 11) is 1.60. The summed E-state index contributed by atoms with van der Waals surface area (Å²) in [5.41, 5.74) is 1.45. The van der Waals surface area contributed by atoms with Crippen molar-refractivity contribution < 1.29 is 14.7 Å². The van der Waals surface area contributed by atoms with Gasteiger partial charge in [0.25, 0.3) is 0 Å². The summed E-state index contributed by atoms with van der Waals surface area (Å²) in [6, 6.07) is 0. The molecule has 1 heterocycles. The Bertz CT molecular complexity index is 489. The van der Waals surface area contributed by atoms with Crippen LogP contribution in [-0.4, -0.2) is 33.3 Å². The summed E-state index contributed by atoms with van der Waals surface area (Å²) in [5.74, 6) is -1.08. The molecular formula is C12H17N3O3. The van der Waals surface area contributed by atoms with E-state index in [1.807, 2.05) is 6.08 Å². The Morgan fingerprint density at radius 3 is 2.72 bits per heavy atom. The molecule has 0 fully saturated rings. The van der Waals surface area contributed by atoms with E-state index in [2.05, 4.69) is 10.4 Å². The molecule has 0 radical (unpaired) electrons. The Hall–Kier alpha value is -2.11. The van der Waals surface area contributed by atoms with Gasteiger partial charge < -0.3 is 10.4 Å². The van der Waals surface area contributed by atoms with Gasteiger partial charge in [-0.1, -0.05) is 12.2 Å². The van der Waals surface area contributed by atoms with Crippen LogP contribution in [-0.2, 0) is 11.8 Å². The fourth-order valence-electron chi connectivity index (χ4n) is 1.66. The van der Waals surface area contributed by atoms with E-state index in [-0.39, 0.29) is 11.6 Å². The summed E-state index contributed by atoms with van der Waals surface area (Å²) in [5, 5.41) is 15.8. The van der Waals surface area contributed by atoms with Crippen LogP contribution < -0.4 is 5.32 Å². The second-order valence-electron chi connectivity index (χ2n) is 3.95. The quantitative estimate of drug-likeness (QED) is 0.763. The standard InChI is InChI=1S/C12H17N3O3/c1-8-10(6-4-5-7-13-9(2)16)11(12(17)18)15(3)14-8/h4,6H,5,7H2,1-3H3,(H,13,16)(H,17,18). The minimum atomic E-state index is -1.00.